The minimum absolute atomic E-state index is 0.420. The van der Waals surface area contributed by atoms with Crippen molar-refractivity contribution in [2.45, 2.75) is 58.4 Å². The molecule has 1 atom stereocenters. The minimum atomic E-state index is 0.420. The monoisotopic (exact) mass is 249 g/mol. The highest BCUT2D eigenvalue weighted by atomic mass is 15.0. The summed E-state index contributed by atoms with van der Waals surface area (Å²) < 4.78 is 2.14. The normalized spacial score (nSPS) is 18.8. The first-order chi connectivity index (χ1) is 8.63. The van der Waals surface area contributed by atoms with Gasteiger partial charge in [-0.1, -0.05) is 20.3 Å². The highest BCUT2D eigenvalue weighted by molar-refractivity contribution is 4.94. The lowest BCUT2D eigenvalue weighted by atomic mass is 9.81. The Hall–Kier alpha value is -0.830. The fourth-order valence-electron chi connectivity index (χ4n) is 2.63. The van der Waals surface area contributed by atoms with Gasteiger partial charge in [0.05, 0.1) is 0 Å². The van der Waals surface area contributed by atoms with Gasteiger partial charge in [0.1, 0.15) is 5.82 Å². The molecule has 1 heterocycles. The van der Waals surface area contributed by atoms with Crippen molar-refractivity contribution >= 4 is 0 Å². The largest absolute Gasteiger partial charge is 0.338 e. The van der Waals surface area contributed by atoms with Gasteiger partial charge in [-0.15, -0.1) is 0 Å². The van der Waals surface area contributed by atoms with Crippen LogP contribution in [0.25, 0.3) is 0 Å². The molecule has 2 rings (SSSR count). The molecule has 18 heavy (non-hydrogen) atoms. The van der Waals surface area contributed by atoms with E-state index in [0.29, 0.717) is 5.41 Å². The van der Waals surface area contributed by atoms with Crippen LogP contribution in [-0.2, 0) is 13.5 Å². The SMILES string of the molecule is CCCC(C)(CCc1nccn1C)CNC1CC1. The summed E-state index contributed by atoms with van der Waals surface area (Å²) in [6.45, 7) is 5.88. The smallest absolute Gasteiger partial charge is 0.108 e. The lowest BCUT2D eigenvalue weighted by Gasteiger charge is -2.30. The van der Waals surface area contributed by atoms with Crippen LogP contribution in [0.3, 0.4) is 0 Å². The second-order valence-corrected chi connectivity index (χ2v) is 6.17. The van der Waals surface area contributed by atoms with Gasteiger partial charge in [-0.2, -0.15) is 0 Å². The Kier molecular flexibility index (Phi) is 4.44. The summed E-state index contributed by atoms with van der Waals surface area (Å²) in [6, 6.07) is 0.814. The van der Waals surface area contributed by atoms with Gasteiger partial charge in [0.25, 0.3) is 0 Å². The molecule has 0 aromatic carbocycles. The van der Waals surface area contributed by atoms with Crippen molar-refractivity contribution < 1.29 is 0 Å². The van der Waals surface area contributed by atoms with Crippen LogP contribution in [-0.4, -0.2) is 22.1 Å². The third-order valence-corrected chi connectivity index (χ3v) is 4.12. The number of rotatable bonds is 8. The predicted octanol–water partition coefficient (Wildman–Crippen LogP) is 2.91. The van der Waals surface area contributed by atoms with Crippen molar-refractivity contribution in [3.8, 4) is 0 Å². The molecule has 1 aliphatic rings. The van der Waals surface area contributed by atoms with E-state index in [0.717, 1.165) is 19.0 Å². The van der Waals surface area contributed by atoms with Crippen molar-refractivity contribution in [1.29, 1.82) is 0 Å². The molecule has 102 valence electrons. The zero-order chi connectivity index (χ0) is 13.0. The van der Waals surface area contributed by atoms with Crippen molar-refractivity contribution in [3.63, 3.8) is 0 Å². The summed E-state index contributed by atoms with van der Waals surface area (Å²) in [5, 5.41) is 3.70. The molecule has 1 fully saturated rings. The number of hydrogen-bond donors (Lipinski definition) is 1. The van der Waals surface area contributed by atoms with E-state index >= 15 is 0 Å². The van der Waals surface area contributed by atoms with Gasteiger partial charge in [-0.25, -0.2) is 4.98 Å². The molecular weight excluding hydrogens is 222 g/mol. The minimum Gasteiger partial charge on any atom is -0.338 e. The lowest BCUT2D eigenvalue weighted by Crippen LogP contribution is -2.33. The molecule has 1 saturated carbocycles. The number of nitrogens with zero attached hydrogens (tertiary/aromatic N) is 2. The predicted molar refractivity (Wildman–Crippen MR) is 75.6 cm³/mol. The number of aryl methyl sites for hydroxylation is 2. The Bertz CT molecular complexity index is 368. The van der Waals surface area contributed by atoms with Gasteiger partial charge in [0, 0.05) is 38.4 Å². The molecule has 1 aliphatic carbocycles. The second kappa shape index (κ2) is 5.87. The molecule has 3 heteroatoms. The lowest BCUT2D eigenvalue weighted by molar-refractivity contribution is 0.252. The highest BCUT2D eigenvalue weighted by Crippen LogP contribution is 2.30. The van der Waals surface area contributed by atoms with Crippen LogP contribution in [0.4, 0.5) is 0 Å². The van der Waals surface area contributed by atoms with Gasteiger partial charge >= 0.3 is 0 Å². The Labute approximate surface area is 111 Å². The van der Waals surface area contributed by atoms with E-state index in [-0.39, 0.29) is 0 Å². The van der Waals surface area contributed by atoms with E-state index in [1.165, 1.54) is 37.9 Å². The molecule has 1 aromatic heterocycles. The number of aromatic nitrogens is 2. The Morgan fingerprint density at radius 1 is 1.44 bits per heavy atom. The van der Waals surface area contributed by atoms with Crippen molar-refractivity contribution in [1.82, 2.24) is 14.9 Å². The Morgan fingerprint density at radius 2 is 2.22 bits per heavy atom. The average Bonchev–Trinajstić information content (AvgIpc) is 3.08. The summed E-state index contributed by atoms with van der Waals surface area (Å²) in [7, 11) is 2.09. The average molecular weight is 249 g/mol. The van der Waals surface area contributed by atoms with Crippen LogP contribution in [0.2, 0.25) is 0 Å². The first kappa shape index (κ1) is 13.6. The van der Waals surface area contributed by atoms with E-state index < -0.39 is 0 Å². The zero-order valence-electron chi connectivity index (χ0n) is 12.1. The number of hydrogen-bond acceptors (Lipinski definition) is 2. The maximum atomic E-state index is 4.43. The maximum Gasteiger partial charge on any atom is 0.108 e. The fourth-order valence-corrected chi connectivity index (χ4v) is 2.63. The Morgan fingerprint density at radius 3 is 2.78 bits per heavy atom. The van der Waals surface area contributed by atoms with Gasteiger partial charge in [0.15, 0.2) is 0 Å². The Balaban J connectivity index is 1.85. The molecular formula is C15H27N3. The quantitative estimate of drug-likeness (QED) is 0.767. The molecule has 0 bridgehead atoms. The van der Waals surface area contributed by atoms with E-state index in [1.807, 2.05) is 12.4 Å². The first-order valence-electron chi connectivity index (χ1n) is 7.32. The summed E-state index contributed by atoms with van der Waals surface area (Å²) >= 11 is 0. The summed E-state index contributed by atoms with van der Waals surface area (Å²) in [5.41, 5.74) is 0.420. The van der Waals surface area contributed by atoms with Crippen LogP contribution < -0.4 is 5.32 Å². The van der Waals surface area contributed by atoms with Gasteiger partial charge in [-0.05, 0) is 31.1 Å². The molecule has 3 nitrogen and oxygen atoms in total. The van der Waals surface area contributed by atoms with Crippen LogP contribution in [0.15, 0.2) is 12.4 Å². The molecule has 1 aromatic rings. The highest BCUT2D eigenvalue weighted by Gasteiger charge is 2.28. The third kappa shape index (κ3) is 3.84. The maximum absolute atomic E-state index is 4.43. The van der Waals surface area contributed by atoms with E-state index in [4.69, 9.17) is 0 Å². The van der Waals surface area contributed by atoms with Crippen LogP contribution in [0.1, 0.15) is 51.8 Å². The second-order valence-electron chi connectivity index (χ2n) is 6.17. The standard InChI is InChI=1S/C15H27N3/c1-4-8-15(2,12-17-13-5-6-13)9-7-14-16-10-11-18(14)3/h10-11,13,17H,4-9,12H2,1-3H3. The van der Waals surface area contributed by atoms with Crippen LogP contribution >= 0.6 is 0 Å². The number of nitrogens with one attached hydrogen (secondary N) is 1. The van der Waals surface area contributed by atoms with E-state index in [2.05, 4.69) is 35.8 Å². The van der Waals surface area contributed by atoms with Gasteiger partial charge in [-0.3, -0.25) is 0 Å². The topological polar surface area (TPSA) is 29.9 Å². The van der Waals surface area contributed by atoms with Crippen molar-refractivity contribution in [3.05, 3.63) is 18.2 Å². The van der Waals surface area contributed by atoms with Crippen molar-refractivity contribution in [2.75, 3.05) is 6.54 Å². The van der Waals surface area contributed by atoms with E-state index in [1.54, 1.807) is 0 Å². The molecule has 0 amide bonds. The molecule has 1 N–H and O–H groups in total. The van der Waals surface area contributed by atoms with Gasteiger partial charge in [0.2, 0.25) is 0 Å². The summed E-state index contributed by atoms with van der Waals surface area (Å²) in [4.78, 5) is 4.43. The first-order valence-corrected chi connectivity index (χ1v) is 7.32. The fraction of sp³-hybridized carbons (Fsp3) is 0.800. The van der Waals surface area contributed by atoms with Gasteiger partial charge < -0.3 is 9.88 Å². The third-order valence-electron chi connectivity index (χ3n) is 4.12. The molecule has 0 radical (unpaired) electrons. The van der Waals surface area contributed by atoms with Crippen LogP contribution in [0.5, 0.6) is 0 Å². The van der Waals surface area contributed by atoms with E-state index in [9.17, 15) is 0 Å². The molecule has 0 aliphatic heterocycles. The molecule has 0 spiro atoms. The molecule has 1 unspecified atom stereocenters. The zero-order valence-corrected chi connectivity index (χ0v) is 12.1. The summed E-state index contributed by atoms with van der Waals surface area (Å²) in [5.74, 6) is 1.21. The van der Waals surface area contributed by atoms with Crippen LogP contribution in [0, 0.1) is 5.41 Å². The number of imidazole rings is 1. The van der Waals surface area contributed by atoms with Crippen molar-refractivity contribution in [2.24, 2.45) is 12.5 Å². The summed E-state index contributed by atoms with van der Waals surface area (Å²) in [6.07, 6.45) is 11.6. The molecule has 0 saturated heterocycles.